The number of aliphatic carboxylic acids is 1. The van der Waals surface area contributed by atoms with Crippen LogP contribution in [-0.2, 0) is 18.3 Å². The summed E-state index contributed by atoms with van der Waals surface area (Å²) < 4.78 is 1.57. The topological polar surface area (TPSA) is 96.2 Å². The molecule has 0 aliphatic heterocycles. The number of rotatable bonds is 4. The number of carboxylic acids is 1. The molecule has 0 fully saturated rings. The number of carbonyl (C=O) groups is 2. The molecule has 0 atom stereocenters. The van der Waals surface area contributed by atoms with Crippen molar-refractivity contribution in [2.75, 3.05) is 10.6 Å². The Labute approximate surface area is 115 Å². The highest BCUT2D eigenvalue weighted by molar-refractivity contribution is 5.99. The first-order chi connectivity index (χ1) is 9.52. The summed E-state index contributed by atoms with van der Waals surface area (Å²) in [6.07, 6.45) is 1.63. The SMILES string of the molecule is Cn1ccc(NC(=O)Nc2cccc(CC(=O)O)c2)n1. The fraction of sp³-hybridized carbons (Fsp3) is 0.154. The Morgan fingerprint density at radius 2 is 2.10 bits per heavy atom. The summed E-state index contributed by atoms with van der Waals surface area (Å²) >= 11 is 0. The Hall–Kier alpha value is -2.83. The van der Waals surface area contributed by atoms with Crippen molar-refractivity contribution in [3.05, 3.63) is 42.1 Å². The van der Waals surface area contributed by atoms with Crippen molar-refractivity contribution in [3.63, 3.8) is 0 Å². The molecule has 0 aliphatic rings. The number of hydrogen-bond donors (Lipinski definition) is 3. The predicted molar refractivity (Wildman–Crippen MR) is 73.6 cm³/mol. The molecule has 2 amide bonds. The van der Waals surface area contributed by atoms with E-state index in [1.54, 1.807) is 48.3 Å². The number of carbonyl (C=O) groups excluding carboxylic acids is 1. The molecule has 20 heavy (non-hydrogen) atoms. The molecule has 2 rings (SSSR count). The maximum absolute atomic E-state index is 11.7. The van der Waals surface area contributed by atoms with Gasteiger partial charge in [0, 0.05) is 25.0 Å². The van der Waals surface area contributed by atoms with E-state index in [0.29, 0.717) is 17.1 Å². The zero-order valence-corrected chi connectivity index (χ0v) is 10.8. The first-order valence-electron chi connectivity index (χ1n) is 5.91. The summed E-state index contributed by atoms with van der Waals surface area (Å²) in [6, 6.07) is 7.91. The molecular formula is C13H14N4O3. The van der Waals surface area contributed by atoms with E-state index in [2.05, 4.69) is 15.7 Å². The molecule has 0 spiro atoms. The summed E-state index contributed by atoms with van der Waals surface area (Å²) in [5.41, 5.74) is 1.14. The highest BCUT2D eigenvalue weighted by Crippen LogP contribution is 2.12. The molecule has 0 bridgehead atoms. The fourth-order valence-corrected chi connectivity index (χ4v) is 1.69. The highest BCUT2D eigenvalue weighted by atomic mass is 16.4. The number of urea groups is 1. The summed E-state index contributed by atoms with van der Waals surface area (Å²) in [6.45, 7) is 0. The van der Waals surface area contributed by atoms with Crippen molar-refractivity contribution in [2.24, 2.45) is 7.05 Å². The maximum atomic E-state index is 11.7. The number of nitrogens with one attached hydrogen (secondary N) is 2. The van der Waals surface area contributed by atoms with Gasteiger partial charge in [0.2, 0.25) is 0 Å². The summed E-state index contributed by atoms with van der Waals surface area (Å²) in [7, 11) is 1.75. The van der Waals surface area contributed by atoms with Crippen molar-refractivity contribution in [1.82, 2.24) is 9.78 Å². The van der Waals surface area contributed by atoms with Crippen LogP contribution in [0.15, 0.2) is 36.5 Å². The molecule has 3 N–H and O–H groups in total. The molecule has 7 nitrogen and oxygen atoms in total. The summed E-state index contributed by atoms with van der Waals surface area (Å²) in [5, 5.41) is 17.9. The lowest BCUT2D eigenvalue weighted by atomic mass is 10.1. The Morgan fingerprint density at radius 1 is 1.30 bits per heavy atom. The number of amides is 2. The highest BCUT2D eigenvalue weighted by Gasteiger charge is 2.06. The van der Waals surface area contributed by atoms with Crippen molar-refractivity contribution in [1.29, 1.82) is 0 Å². The third-order valence-corrected chi connectivity index (χ3v) is 2.50. The van der Waals surface area contributed by atoms with Gasteiger partial charge in [0.1, 0.15) is 0 Å². The largest absolute Gasteiger partial charge is 0.481 e. The lowest BCUT2D eigenvalue weighted by molar-refractivity contribution is -0.136. The van der Waals surface area contributed by atoms with Crippen molar-refractivity contribution in [3.8, 4) is 0 Å². The molecule has 0 saturated carbocycles. The summed E-state index contributed by atoms with van der Waals surface area (Å²) in [4.78, 5) is 22.4. The minimum Gasteiger partial charge on any atom is -0.481 e. The van der Waals surface area contributed by atoms with Crippen LogP contribution in [0.1, 0.15) is 5.56 Å². The predicted octanol–water partition coefficient (Wildman–Crippen LogP) is 1.69. The fourth-order valence-electron chi connectivity index (χ4n) is 1.69. The first kappa shape index (κ1) is 13.6. The molecule has 0 radical (unpaired) electrons. The second kappa shape index (κ2) is 5.87. The number of carboxylic acid groups (broad SMARTS) is 1. The van der Waals surface area contributed by atoms with Gasteiger partial charge in [0.15, 0.2) is 5.82 Å². The van der Waals surface area contributed by atoms with Crippen LogP contribution in [0.2, 0.25) is 0 Å². The average Bonchev–Trinajstić information content (AvgIpc) is 2.74. The third-order valence-electron chi connectivity index (χ3n) is 2.50. The van der Waals surface area contributed by atoms with Gasteiger partial charge in [-0.1, -0.05) is 12.1 Å². The number of aryl methyl sites for hydroxylation is 1. The molecular weight excluding hydrogens is 260 g/mol. The molecule has 7 heteroatoms. The van der Waals surface area contributed by atoms with E-state index in [0.717, 1.165) is 0 Å². The van der Waals surface area contributed by atoms with Crippen LogP contribution in [0.25, 0.3) is 0 Å². The molecule has 1 heterocycles. The quantitative estimate of drug-likeness (QED) is 0.790. The smallest absolute Gasteiger partial charge is 0.324 e. The van der Waals surface area contributed by atoms with E-state index >= 15 is 0 Å². The number of aromatic nitrogens is 2. The van der Waals surface area contributed by atoms with E-state index in [4.69, 9.17) is 5.11 Å². The van der Waals surface area contributed by atoms with Gasteiger partial charge in [-0.05, 0) is 17.7 Å². The number of nitrogens with zero attached hydrogens (tertiary/aromatic N) is 2. The van der Waals surface area contributed by atoms with Gasteiger partial charge in [-0.25, -0.2) is 4.79 Å². The van der Waals surface area contributed by atoms with Crippen LogP contribution in [0, 0.1) is 0 Å². The molecule has 1 aromatic heterocycles. The van der Waals surface area contributed by atoms with E-state index in [9.17, 15) is 9.59 Å². The molecule has 104 valence electrons. The van der Waals surface area contributed by atoms with Crippen molar-refractivity contribution >= 4 is 23.5 Å². The second-order valence-electron chi connectivity index (χ2n) is 4.22. The Bertz CT molecular complexity index is 636. The van der Waals surface area contributed by atoms with Gasteiger partial charge in [-0.15, -0.1) is 0 Å². The van der Waals surface area contributed by atoms with E-state index in [1.165, 1.54) is 0 Å². The van der Waals surface area contributed by atoms with Gasteiger partial charge in [-0.2, -0.15) is 5.10 Å². The maximum Gasteiger partial charge on any atom is 0.324 e. The molecule has 2 aromatic rings. The first-order valence-corrected chi connectivity index (χ1v) is 5.91. The third kappa shape index (κ3) is 3.84. The summed E-state index contributed by atoms with van der Waals surface area (Å²) in [5.74, 6) is -0.480. The van der Waals surface area contributed by atoms with Crippen LogP contribution in [0.5, 0.6) is 0 Å². The van der Waals surface area contributed by atoms with Crippen LogP contribution in [0.3, 0.4) is 0 Å². The van der Waals surface area contributed by atoms with E-state index in [-0.39, 0.29) is 6.42 Å². The van der Waals surface area contributed by atoms with Crippen LogP contribution in [-0.4, -0.2) is 26.9 Å². The van der Waals surface area contributed by atoms with Crippen LogP contribution >= 0.6 is 0 Å². The molecule has 0 saturated heterocycles. The monoisotopic (exact) mass is 274 g/mol. The number of benzene rings is 1. The molecule has 0 aliphatic carbocycles. The van der Waals surface area contributed by atoms with Gasteiger partial charge in [0.05, 0.1) is 6.42 Å². The normalized spacial score (nSPS) is 10.1. The Kier molecular flexibility index (Phi) is 3.99. The molecule has 1 aromatic carbocycles. The molecule has 0 unspecified atom stereocenters. The van der Waals surface area contributed by atoms with Gasteiger partial charge in [-0.3, -0.25) is 14.8 Å². The lowest BCUT2D eigenvalue weighted by Gasteiger charge is -2.06. The van der Waals surface area contributed by atoms with Gasteiger partial charge < -0.3 is 10.4 Å². The van der Waals surface area contributed by atoms with Gasteiger partial charge >= 0.3 is 12.0 Å². The average molecular weight is 274 g/mol. The Morgan fingerprint density at radius 3 is 2.75 bits per heavy atom. The zero-order valence-electron chi connectivity index (χ0n) is 10.8. The minimum absolute atomic E-state index is 0.0859. The van der Waals surface area contributed by atoms with Gasteiger partial charge in [0.25, 0.3) is 0 Å². The number of hydrogen-bond acceptors (Lipinski definition) is 3. The zero-order chi connectivity index (χ0) is 14.5. The lowest BCUT2D eigenvalue weighted by Crippen LogP contribution is -2.20. The second-order valence-corrected chi connectivity index (χ2v) is 4.22. The van der Waals surface area contributed by atoms with Crippen molar-refractivity contribution < 1.29 is 14.7 Å². The van der Waals surface area contributed by atoms with Crippen molar-refractivity contribution in [2.45, 2.75) is 6.42 Å². The van der Waals surface area contributed by atoms with E-state index in [1.807, 2.05) is 0 Å². The standard InChI is InChI=1S/C13H14N4O3/c1-17-6-5-11(16-17)15-13(20)14-10-4-2-3-9(7-10)8-12(18)19/h2-7H,8H2,1H3,(H,18,19)(H2,14,15,16,20). The number of anilines is 2. The van der Waals surface area contributed by atoms with E-state index < -0.39 is 12.0 Å². The van der Waals surface area contributed by atoms with Crippen LogP contribution in [0.4, 0.5) is 16.3 Å². The minimum atomic E-state index is -0.917. The van der Waals surface area contributed by atoms with Crippen LogP contribution < -0.4 is 10.6 Å². The Balaban J connectivity index is 1.98.